The van der Waals surface area contributed by atoms with Gasteiger partial charge in [0.2, 0.25) is 5.56 Å². The third-order valence-electron chi connectivity index (χ3n) is 3.85. The molecule has 1 aliphatic rings. The minimum atomic E-state index is -0.245. The Bertz CT molecular complexity index is 491. The molecule has 18 heavy (non-hydrogen) atoms. The normalized spacial score (nSPS) is 22.4. The lowest BCUT2D eigenvalue weighted by Crippen LogP contribution is -2.46. The van der Waals surface area contributed by atoms with Gasteiger partial charge in [-0.05, 0) is 24.3 Å². The SMILES string of the molecule is CC1(C)CCCCC1NC(=O)c1cc[nH]c(=O)c1. The van der Waals surface area contributed by atoms with E-state index in [2.05, 4.69) is 24.1 Å². The molecule has 1 atom stereocenters. The Morgan fingerprint density at radius 2 is 2.22 bits per heavy atom. The number of nitrogens with one attached hydrogen (secondary N) is 2. The van der Waals surface area contributed by atoms with Crippen molar-refractivity contribution in [2.75, 3.05) is 0 Å². The molecule has 0 aromatic carbocycles. The summed E-state index contributed by atoms with van der Waals surface area (Å²) in [6, 6.07) is 3.16. The Balaban J connectivity index is 2.09. The van der Waals surface area contributed by atoms with Crippen LogP contribution in [0.3, 0.4) is 0 Å². The third kappa shape index (κ3) is 2.81. The second kappa shape index (κ2) is 4.96. The molecule has 2 N–H and O–H groups in total. The molecule has 1 aromatic heterocycles. The number of aromatic amines is 1. The first kappa shape index (κ1) is 12.9. The lowest BCUT2D eigenvalue weighted by molar-refractivity contribution is 0.0853. The van der Waals surface area contributed by atoms with Crippen LogP contribution in [0.5, 0.6) is 0 Å². The van der Waals surface area contributed by atoms with Gasteiger partial charge in [-0.3, -0.25) is 9.59 Å². The van der Waals surface area contributed by atoms with Gasteiger partial charge in [-0.1, -0.05) is 26.7 Å². The zero-order valence-electron chi connectivity index (χ0n) is 11.0. The Morgan fingerprint density at radius 1 is 1.44 bits per heavy atom. The summed E-state index contributed by atoms with van der Waals surface area (Å²) in [5.74, 6) is -0.152. The molecule has 4 nitrogen and oxygen atoms in total. The van der Waals surface area contributed by atoms with Crippen LogP contribution in [0.15, 0.2) is 23.1 Å². The maximum absolute atomic E-state index is 12.1. The van der Waals surface area contributed by atoms with E-state index in [1.54, 1.807) is 6.07 Å². The van der Waals surface area contributed by atoms with E-state index >= 15 is 0 Å². The van der Waals surface area contributed by atoms with Crippen LogP contribution >= 0.6 is 0 Å². The largest absolute Gasteiger partial charge is 0.349 e. The molecule has 1 fully saturated rings. The summed E-state index contributed by atoms with van der Waals surface area (Å²) in [6.45, 7) is 4.38. The monoisotopic (exact) mass is 248 g/mol. The van der Waals surface area contributed by atoms with E-state index in [1.807, 2.05) is 0 Å². The smallest absolute Gasteiger partial charge is 0.251 e. The number of carbonyl (C=O) groups excluding carboxylic acids is 1. The first-order valence-corrected chi connectivity index (χ1v) is 6.49. The summed E-state index contributed by atoms with van der Waals surface area (Å²) in [7, 11) is 0. The number of aromatic nitrogens is 1. The molecule has 1 unspecified atom stereocenters. The summed E-state index contributed by atoms with van der Waals surface area (Å²) < 4.78 is 0. The highest BCUT2D eigenvalue weighted by Gasteiger charge is 2.33. The third-order valence-corrected chi connectivity index (χ3v) is 3.85. The fourth-order valence-corrected chi connectivity index (χ4v) is 2.59. The second-order valence-corrected chi connectivity index (χ2v) is 5.70. The van der Waals surface area contributed by atoms with Gasteiger partial charge in [0.15, 0.2) is 0 Å². The maximum Gasteiger partial charge on any atom is 0.251 e. The van der Waals surface area contributed by atoms with Gasteiger partial charge < -0.3 is 10.3 Å². The molecule has 0 bridgehead atoms. The molecule has 0 aliphatic heterocycles. The van der Waals surface area contributed by atoms with Gasteiger partial charge in [-0.15, -0.1) is 0 Å². The lowest BCUT2D eigenvalue weighted by Gasteiger charge is -2.39. The van der Waals surface area contributed by atoms with Crippen molar-refractivity contribution in [3.05, 3.63) is 34.2 Å². The van der Waals surface area contributed by atoms with Gasteiger partial charge in [0.25, 0.3) is 5.91 Å². The molecule has 0 saturated heterocycles. The number of hydrogen-bond acceptors (Lipinski definition) is 2. The fourth-order valence-electron chi connectivity index (χ4n) is 2.59. The van der Waals surface area contributed by atoms with E-state index in [-0.39, 0.29) is 22.9 Å². The van der Waals surface area contributed by atoms with Gasteiger partial charge in [-0.2, -0.15) is 0 Å². The zero-order valence-corrected chi connectivity index (χ0v) is 11.0. The molecule has 1 amide bonds. The Morgan fingerprint density at radius 3 is 2.89 bits per heavy atom. The van der Waals surface area contributed by atoms with Gasteiger partial charge in [-0.25, -0.2) is 0 Å². The number of amides is 1. The van der Waals surface area contributed by atoms with Crippen molar-refractivity contribution in [3.8, 4) is 0 Å². The van der Waals surface area contributed by atoms with E-state index in [9.17, 15) is 9.59 Å². The molecule has 98 valence electrons. The molecule has 1 saturated carbocycles. The molecule has 0 radical (unpaired) electrons. The van der Waals surface area contributed by atoms with Crippen molar-refractivity contribution in [3.63, 3.8) is 0 Å². The van der Waals surface area contributed by atoms with E-state index in [1.165, 1.54) is 18.7 Å². The predicted molar refractivity (Wildman–Crippen MR) is 70.6 cm³/mol. The van der Waals surface area contributed by atoms with Crippen LogP contribution in [0.25, 0.3) is 0 Å². The maximum atomic E-state index is 12.1. The van der Waals surface area contributed by atoms with Crippen LogP contribution in [0.2, 0.25) is 0 Å². The quantitative estimate of drug-likeness (QED) is 0.841. The van der Waals surface area contributed by atoms with Crippen LogP contribution in [0, 0.1) is 5.41 Å². The van der Waals surface area contributed by atoms with Gasteiger partial charge in [0, 0.05) is 23.9 Å². The molecular weight excluding hydrogens is 228 g/mol. The Labute approximate surface area is 107 Å². The number of carbonyl (C=O) groups is 1. The van der Waals surface area contributed by atoms with Gasteiger partial charge in [0.05, 0.1) is 0 Å². The van der Waals surface area contributed by atoms with Crippen molar-refractivity contribution in [2.24, 2.45) is 5.41 Å². The summed E-state index contributed by atoms with van der Waals surface area (Å²) in [5, 5.41) is 3.06. The molecule has 2 rings (SSSR count). The summed E-state index contributed by atoms with van der Waals surface area (Å²) in [5.41, 5.74) is 0.320. The Hall–Kier alpha value is -1.58. The van der Waals surface area contributed by atoms with Crippen molar-refractivity contribution < 1.29 is 4.79 Å². The standard InChI is InChI=1S/C14H20N2O2/c1-14(2)7-4-3-5-11(14)16-13(18)10-6-8-15-12(17)9-10/h6,8-9,11H,3-5,7H2,1-2H3,(H,15,17)(H,16,18). The molecule has 0 spiro atoms. The minimum absolute atomic E-state index is 0.134. The summed E-state index contributed by atoms with van der Waals surface area (Å²) >= 11 is 0. The highest BCUT2D eigenvalue weighted by atomic mass is 16.2. The average Bonchev–Trinajstić information content (AvgIpc) is 2.31. The highest BCUT2D eigenvalue weighted by Crippen LogP contribution is 2.35. The summed E-state index contributed by atoms with van der Waals surface area (Å²) in [4.78, 5) is 25.8. The van der Waals surface area contributed by atoms with E-state index < -0.39 is 0 Å². The predicted octanol–water partition coefficient (Wildman–Crippen LogP) is 2.07. The topological polar surface area (TPSA) is 62.0 Å². The van der Waals surface area contributed by atoms with Crippen molar-refractivity contribution in [1.29, 1.82) is 0 Å². The molecule has 1 aromatic rings. The second-order valence-electron chi connectivity index (χ2n) is 5.70. The molecule has 1 aliphatic carbocycles. The van der Waals surface area contributed by atoms with Crippen LogP contribution < -0.4 is 10.9 Å². The van der Waals surface area contributed by atoms with Gasteiger partial charge >= 0.3 is 0 Å². The number of rotatable bonds is 2. The summed E-state index contributed by atoms with van der Waals surface area (Å²) in [6.07, 6.45) is 6.03. The van der Waals surface area contributed by atoms with Crippen molar-refractivity contribution in [2.45, 2.75) is 45.6 Å². The highest BCUT2D eigenvalue weighted by molar-refractivity contribution is 5.94. The van der Waals surface area contributed by atoms with E-state index in [0.29, 0.717) is 5.56 Å². The fraction of sp³-hybridized carbons (Fsp3) is 0.571. The van der Waals surface area contributed by atoms with E-state index in [0.717, 1.165) is 19.3 Å². The lowest BCUT2D eigenvalue weighted by atomic mass is 9.73. The van der Waals surface area contributed by atoms with Crippen molar-refractivity contribution in [1.82, 2.24) is 10.3 Å². The number of pyridine rings is 1. The average molecular weight is 248 g/mol. The van der Waals surface area contributed by atoms with Gasteiger partial charge in [0.1, 0.15) is 0 Å². The zero-order chi connectivity index (χ0) is 13.2. The minimum Gasteiger partial charge on any atom is -0.349 e. The molecular formula is C14H20N2O2. The van der Waals surface area contributed by atoms with Crippen LogP contribution in [0.1, 0.15) is 49.9 Å². The Kier molecular flexibility index (Phi) is 3.55. The first-order chi connectivity index (χ1) is 8.49. The number of hydrogen-bond donors (Lipinski definition) is 2. The van der Waals surface area contributed by atoms with Crippen LogP contribution in [-0.4, -0.2) is 16.9 Å². The number of H-pyrrole nitrogens is 1. The molecule has 1 heterocycles. The first-order valence-electron chi connectivity index (χ1n) is 6.49. The van der Waals surface area contributed by atoms with Crippen LogP contribution in [-0.2, 0) is 0 Å². The van der Waals surface area contributed by atoms with Crippen molar-refractivity contribution >= 4 is 5.91 Å². The molecule has 4 heteroatoms. The van der Waals surface area contributed by atoms with E-state index in [4.69, 9.17) is 0 Å². The van der Waals surface area contributed by atoms with Crippen LogP contribution in [0.4, 0.5) is 0 Å².